The average molecular weight is 297 g/mol. The van der Waals surface area contributed by atoms with Crippen molar-refractivity contribution in [2.45, 2.75) is 19.9 Å². The first-order valence-electron chi connectivity index (χ1n) is 6.49. The first kappa shape index (κ1) is 16.5. The molecule has 1 amide bonds. The minimum absolute atomic E-state index is 0.0395. The van der Waals surface area contributed by atoms with Crippen molar-refractivity contribution in [1.82, 2.24) is 10.2 Å². The number of likely N-dealkylation sites (N-methyl/N-ethyl adjacent to an activating group) is 1. The molecule has 0 radical (unpaired) electrons. The number of amides is 1. The number of thiocarbonyl (C=S) groups is 1. The fourth-order valence-corrected chi connectivity index (χ4v) is 2.09. The topological polar surface area (TPSA) is 58.4 Å². The van der Waals surface area contributed by atoms with Crippen LogP contribution in [0.3, 0.4) is 0 Å². The summed E-state index contributed by atoms with van der Waals surface area (Å²) in [6.45, 7) is 3.69. The molecule has 0 spiro atoms. The minimum atomic E-state index is -0.422. The van der Waals surface area contributed by atoms with Crippen molar-refractivity contribution < 1.29 is 9.18 Å². The Hall–Kier alpha value is -1.53. The summed E-state index contributed by atoms with van der Waals surface area (Å²) in [4.78, 5) is 13.5. The Morgan fingerprint density at radius 2 is 2.20 bits per heavy atom. The van der Waals surface area contributed by atoms with Crippen molar-refractivity contribution >= 4 is 23.1 Å². The number of nitrogens with one attached hydrogen (secondary N) is 1. The number of nitrogens with zero attached hydrogens (tertiary/aromatic N) is 1. The number of carbonyl (C=O) groups excluding carboxylic acids is 1. The van der Waals surface area contributed by atoms with Gasteiger partial charge in [0, 0.05) is 19.2 Å². The van der Waals surface area contributed by atoms with Crippen molar-refractivity contribution in [3.8, 4) is 0 Å². The monoisotopic (exact) mass is 297 g/mol. The molecule has 110 valence electrons. The molecule has 0 atom stereocenters. The second kappa shape index (κ2) is 7.91. The van der Waals surface area contributed by atoms with Crippen LogP contribution in [0, 0.1) is 5.82 Å². The van der Waals surface area contributed by atoms with Gasteiger partial charge in [0.25, 0.3) is 0 Å². The van der Waals surface area contributed by atoms with E-state index in [1.54, 1.807) is 19.2 Å². The second-order valence-corrected chi connectivity index (χ2v) is 5.00. The smallest absolute Gasteiger partial charge is 0.233 e. The number of hydrogen-bond donors (Lipinski definition) is 2. The van der Waals surface area contributed by atoms with E-state index in [1.165, 1.54) is 6.07 Å². The van der Waals surface area contributed by atoms with Gasteiger partial charge in [-0.3, -0.25) is 9.69 Å². The van der Waals surface area contributed by atoms with Crippen molar-refractivity contribution in [1.29, 1.82) is 0 Å². The molecule has 1 aromatic rings. The summed E-state index contributed by atoms with van der Waals surface area (Å²) in [5, 5.41) is 2.60. The Kier molecular flexibility index (Phi) is 6.54. The summed E-state index contributed by atoms with van der Waals surface area (Å²) in [6.07, 6.45) is 0.931. The van der Waals surface area contributed by atoms with Crippen LogP contribution < -0.4 is 11.1 Å². The molecule has 0 bridgehead atoms. The first-order valence-corrected chi connectivity index (χ1v) is 6.90. The maximum atomic E-state index is 13.5. The highest BCUT2D eigenvalue weighted by atomic mass is 32.1. The maximum absolute atomic E-state index is 13.5. The molecule has 3 N–H and O–H groups in total. The molecule has 6 heteroatoms. The van der Waals surface area contributed by atoms with Gasteiger partial charge < -0.3 is 11.1 Å². The third-order valence-electron chi connectivity index (χ3n) is 2.89. The van der Waals surface area contributed by atoms with Crippen LogP contribution in [0.4, 0.5) is 4.39 Å². The summed E-state index contributed by atoms with van der Waals surface area (Å²) in [7, 11) is 1.61. The third-order valence-corrected chi connectivity index (χ3v) is 3.11. The predicted octanol–water partition coefficient (Wildman–Crippen LogP) is 1.42. The second-order valence-electron chi connectivity index (χ2n) is 4.56. The van der Waals surface area contributed by atoms with Crippen molar-refractivity contribution in [2.24, 2.45) is 5.73 Å². The minimum Gasteiger partial charge on any atom is -0.389 e. The van der Waals surface area contributed by atoms with E-state index in [9.17, 15) is 9.18 Å². The zero-order chi connectivity index (χ0) is 15.1. The van der Waals surface area contributed by atoms with Crippen molar-refractivity contribution in [2.75, 3.05) is 20.1 Å². The van der Waals surface area contributed by atoms with Gasteiger partial charge in [0.15, 0.2) is 0 Å². The average Bonchev–Trinajstić information content (AvgIpc) is 2.40. The summed E-state index contributed by atoms with van der Waals surface area (Å²) >= 11 is 4.82. The molecule has 1 rings (SSSR count). The summed E-state index contributed by atoms with van der Waals surface area (Å²) < 4.78 is 13.5. The number of rotatable bonds is 7. The Morgan fingerprint density at radius 3 is 2.75 bits per heavy atom. The van der Waals surface area contributed by atoms with Crippen molar-refractivity contribution in [3.63, 3.8) is 0 Å². The number of halogens is 1. The van der Waals surface area contributed by atoms with Crippen LogP contribution in [0.1, 0.15) is 24.5 Å². The van der Waals surface area contributed by atoms with Crippen LogP contribution in [-0.4, -0.2) is 35.9 Å². The Balaban J connectivity index is 2.85. The van der Waals surface area contributed by atoms with Gasteiger partial charge in [-0.2, -0.15) is 0 Å². The van der Waals surface area contributed by atoms with E-state index in [-0.39, 0.29) is 16.5 Å². The van der Waals surface area contributed by atoms with Crippen LogP contribution >= 0.6 is 12.2 Å². The summed E-state index contributed by atoms with van der Waals surface area (Å²) in [5.74, 6) is -0.468. The quantitative estimate of drug-likeness (QED) is 0.747. The molecular formula is C14H20FN3OS. The number of carbonyl (C=O) groups is 1. The third kappa shape index (κ3) is 4.86. The highest BCUT2D eigenvalue weighted by molar-refractivity contribution is 7.80. The van der Waals surface area contributed by atoms with E-state index in [1.807, 2.05) is 11.8 Å². The van der Waals surface area contributed by atoms with Crippen LogP contribution in [-0.2, 0) is 11.3 Å². The van der Waals surface area contributed by atoms with E-state index < -0.39 is 5.82 Å². The van der Waals surface area contributed by atoms with Crippen LogP contribution in [0.15, 0.2) is 18.2 Å². The lowest BCUT2D eigenvalue weighted by Gasteiger charge is -2.21. The van der Waals surface area contributed by atoms with Crippen LogP contribution in [0.5, 0.6) is 0 Å². The van der Waals surface area contributed by atoms with Gasteiger partial charge >= 0.3 is 0 Å². The SMILES string of the molecule is CCCN(CC(=O)NC)Cc1ccc(F)c(C(N)=S)c1. The lowest BCUT2D eigenvalue weighted by molar-refractivity contribution is -0.121. The lowest BCUT2D eigenvalue weighted by atomic mass is 10.1. The van der Waals surface area contributed by atoms with E-state index >= 15 is 0 Å². The van der Waals surface area contributed by atoms with Crippen molar-refractivity contribution in [3.05, 3.63) is 35.1 Å². The van der Waals surface area contributed by atoms with E-state index in [0.717, 1.165) is 18.5 Å². The molecule has 0 aromatic heterocycles. The van der Waals surface area contributed by atoms with Gasteiger partial charge in [-0.25, -0.2) is 4.39 Å². The highest BCUT2D eigenvalue weighted by Crippen LogP contribution is 2.13. The standard InChI is InChI=1S/C14H20FN3OS/c1-3-6-18(9-13(19)17-2)8-10-4-5-12(15)11(7-10)14(16)20/h4-5,7H,3,6,8-9H2,1-2H3,(H2,16,20)(H,17,19). The van der Waals surface area contributed by atoms with Gasteiger partial charge in [0.2, 0.25) is 5.91 Å². The van der Waals surface area contributed by atoms with Gasteiger partial charge in [-0.05, 0) is 30.7 Å². The molecule has 0 unspecified atom stereocenters. The Bertz CT molecular complexity index is 493. The zero-order valence-electron chi connectivity index (χ0n) is 11.8. The molecule has 0 saturated heterocycles. The summed E-state index contributed by atoms with van der Waals surface area (Å²) in [5.41, 5.74) is 6.61. The molecular weight excluding hydrogens is 277 g/mol. The van der Waals surface area contributed by atoms with Crippen LogP contribution in [0.25, 0.3) is 0 Å². The maximum Gasteiger partial charge on any atom is 0.233 e. The molecule has 0 fully saturated rings. The fourth-order valence-electron chi connectivity index (χ4n) is 1.93. The normalized spacial score (nSPS) is 10.6. The van der Waals surface area contributed by atoms with E-state index in [4.69, 9.17) is 18.0 Å². The molecule has 20 heavy (non-hydrogen) atoms. The predicted molar refractivity (Wildman–Crippen MR) is 81.9 cm³/mol. The lowest BCUT2D eigenvalue weighted by Crippen LogP contribution is -2.35. The number of benzene rings is 1. The zero-order valence-corrected chi connectivity index (χ0v) is 12.6. The van der Waals surface area contributed by atoms with Gasteiger partial charge in [0.1, 0.15) is 10.8 Å². The molecule has 0 saturated carbocycles. The number of nitrogens with two attached hydrogens (primary N) is 1. The molecule has 0 heterocycles. The van der Waals surface area contributed by atoms with Gasteiger partial charge in [0.05, 0.1) is 6.54 Å². The first-order chi connectivity index (χ1) is 9.47. The Labute approximate surface area is 124 Å². The summed E-state index contributed by atoms with van der Waals surface area (Å²) in [6, 6.07) is 4.68. The number of hydrogen-bond acceptors (Lipinski definition) is 3. The van der Waals surface area contributed by atoms with Gasteiger partial charge in [-0.15, -0.1) is 0 Å². The Morgan fingerprint density at radius 1 is 1.50 bits per heavy atom. The van der Waals surface area contributed by atoms with Gasteiger partial charge in [-0.1, -0.05) is 25.2 Å². The van der Waals surface area contributed by atoms with E-state index in [0.29, 0.717) is 13.1 Å². The largest absolute Gasteiger partial charge is 0.389 e. The molecule has 0 aliphatic carbocycles. The fraction of sp³-hybridized carbons (Fsp3) is 0.429. The molecule has 1 aromatic carbocycles. The molecule has 0 aliphatic heterocycles. The molecule has 4 nitrogen and oxygen atoms in total. The van der Waals surface area contributed by atoms with E-state index in [2.05, 4.69) is 5.32 Å². The highest BCUT2D eigenvalue weighted by Gasteiger charge is 2.12. The van der Waals surface area contributed by atoms with Crippen LogP contribution in [0.2, 0.25) is 0 Å². The molecule has 0 aliphatic rings.